The van der Waals surface area contributed by atoms with Gasteiger partial charge in [-0.15, -0.1) is 5.10 Å². The van der Waals surface area contributed by atoms with E-state index in [1.807, 2.05) is 13.8 Å². The third kappa shape index (κ3) is 2.53. The van der Waals surface area contributed by atoms with Crippen molar-refractivity contribution in [3.05, 3.63) is 39.7 Å². The van der Waals surface area contributed by atoms with E-state index in [0.29, 0.717) is 16.8 Å². The van der Waals surface area contributed by atoms with Gasteiger partial charge < -0.3 is 5.73 Å². The van der Waals surface area contributed by atoms with Crippen molar-refractivity contribution in [1.82, 2.24) is 15.0 Å². The number of aromatic nitrogens is 3. The summed E-state index contributed by atoms with van der Waals surface area (Å²) in [6.07, 6.45) is 0. The van der Waals surface area contributed by atoms with Gasteiger partial charge in [-0.05, 0) is 39.5 Å². The smallest absolute Gasteiger partial charge is 0.169 e. The topological polar surface area (TPSA) is 56.7 Å². The average molecular weight is 313 g/mol. The normalized spacial score (nSPS) is 11.2. The molecule has 0 bridgehead atoms. The zero-order valence-corrected chi connectivity index (χ0v) is 11.8. The van der Waals surface area contributed by atoms with Crippen molar-refractivity contribution in [3.63, 3.8) is 0 Å². The molecule has 0 aliphatic carbocycles. The number of nitrogens with zero attached hydrogens (tertiary/aromatic N) is 3. The zero-order chi connectivity index (χ0) is 13.3. The highest BCUT2D eigenvalue weighted by Gasteiger charge is 2.14. The van der Waals surface area contributed by atoms with Crippen LogP contribution in [0.3, 0.4) is 0 Å². The molecule has 2 N–H and O–H groups in total. The molecule has 6 heteroatoms. The SMILES string of the molecule is CC(C)c1c(N)nnn1Cc1ccc(F)c(Br)c1. The molecule has 0 unspecified atom stereocenters. The Morgan fingerprint density at radius 3 is 2.78 bits per heavy atom. The number of benzene rings is 1. The predicted octanol–water partition coefficient (Wildman–Crippen LogP) is 2.93. The van der Waals surface area contributed by atoms with E-state index in [1.54, 1.807) is 16.8 Å². The molecule has 18 heavy (non-hydrogen) atoms. The molecule has 0 aliphatic rings. The molecule has 0 spiro atoms. The molecule has 1 aromatic heterocycles. The molecule has 0 saturated heterocycles. The van der Waals surface area contributed by atoms with Gasteiger partial charge in [-0.25, -0.2) is 9.07 Å². The second kappa shape index (κ2) is 5.06. The molecular formula is C12H14BrFN4. The first kappa shape index (κ1) is 13.0. The lowest BCUT2D eigenvalue weighted by molar-refractivity contribution is 0.592. The number of rotatable bonds is 3. The third-order valence-electron chi connectivity index (χ3n) is 2.66. The summed E-state index contributed by atoms with van der Waals surface area (Å²) in [6.45, 7) is 4.59. The van der Waals surface area contributed by atoms with E-state index in [1.165, 1.54) is 6.07 Å². The zero-order valence-electron chi connectivity index (χ0n) is 10.2. The Balaban J connectivity index is 2.31. The van der Waals surface area contributed by atoms with E-state index in [-0.39, 0.29) is 11.7 Å². The quantitative estimate of drug-likeness (QED) is 0.948. The molecule has 0 amide bonds. The standard InChI is InChI=1S/C12H14BrFN4/c1-7(2)11-12(15)16-17-18(11)6-8-3-4-10(14)9(13)5-8/h3-5,7H,6,15H2,1-2H3. The molecule has 96 valence electrons. The molecule has 0 saturated carbocycles. The summed E-state index contributed by atoms with van der Waals surface area (Å²) >= 11 is 3.17. The van der Waals surface area contributed by atoms with E-state index < -0.39 is 0 Å². The van der Waals surface area contributed by atoms with Gasteiger partial charge in [-0.2, -0.15) is 0 Å². The maximum absolute atomic E-state index is 13.1. The van der Waals surface area contributed by atoms with Crippen molar-refractivity contribution in [2.75, 3.05) is 5.73 Å². The first-order valence-electron chi connectivity index (χ1n) is 5.62. The summed E-state index contributed by atoms with van der Waals surface area (Å²) < 4.78 is 15.3. The van der Waals surface area contributed by atoms with Gasteiger partial charge in [0.25, 0.3) is 0 Å². The molecule has 0 fully saturated rings. The highest BCUT2D eigenvalue weighted by atomic mass is 79.9. The minimum atomic E-state index is -0.277. The monoisotopic (exact) mass is 312 g/mol. The highest BCUT2D eigenvalue weighted by molar-refractivity contribution is 9.10. The minimum Gasteiger partial charge on any atom is -0.381 e. The maximum atomic E-state index is 13.1. The van der Waals surface area contributed by atoms with Crippen LogP contribution in [-0.4, -0.2) is 15.0 Å². The van der Waals surface area contributed by atoms with E-state index in [2.05, 4.69) is 26.2 Å². The van der Waals surface area contributed by atoms with Crippen LogP contribution in [0.15, 0.2) is 22.7 Å². The fraction of sp³-hybridized carbons (Fsp3) is 0.333. The Kier molecular flexibility index (Phi) is 3.65. The lowest BCUT2D eigenvalue weighted by Crippen LogP contribution is -2.09. The highest BCUT2D eigenvalue weighted by Crippen LogP contribution is 2.22. The van der Waals surface area contributed by atoms with Gasteiger partial charge >= 0.3 is 0 Å². The summed E-state index contributed by atoms with van der Waals surface area (Å²) in [5.41, 5.74) is 7.62. The van der Waals surface area contributed by atoms with Gasteiger partial charge in [0.1, 0.15) is 5.82 Å². The van der Waals surface area contributed by atoms with Crippen LogP contribution in [0.1, 0.15) is 31.0 Å². The van der Waals surface area contributed by atoms with Crippen LogP contribution in [0.25, 0.3) is 0 Å². The molecule has 0 radical (unpaired) electrons. The van der Waals surface area contributed by atoms with Gasteiger partial charge in [0.15, 0.2) is 5.82 Å². The van der Waals surface area contributed by atoms with Gasteiger partial charge in [-0.3, -0.25) is 0 Å². The van der Waals surface area contributed by atoms with Crippen molar-refractivity contribution >= 4 is 21.7 Å². The van der Waals surface area contributed by atoms with Crippen LogP contribution in [0.2, 0.25) is 0 Å². The van der Waals surface area contributed by atoms with Crippen molar-refractivity contribution < 1.29 is 4.39 Å². The van der Waals surface area contributed by atoms with Crippen molar-refractivity contribution in [2.24, 2.45) is 0 Å². The van der Waals surface area contributed by atoms with Gasteiger partial charge in [-0.1, -0.05) is 25.1 Å². The van der Waals surface area contributed by atoms with Crippen LogP contribution >= 0.6 is 15.9 Å². The van der Waals surface area contributed by atoms with Gasteiger partial charge in [0, 0.05) is 0 Å². The summed E-state index contributed by atoms with van der Waals surface area (Å²) in [7, 11) is 0. The third-order valence-corrected chi connectivity index (χ3v) is 3.27. The lowest BCUT2D eigenvalue weighted by atomic mass is 10.1. The van der Waals surface area contributed by atoms with E-state index in [0.717, 1.165) is 11.3 Å². The Hall–Kier alpha value is -1.43. The molecule has 1 aromatic carbocycles. The molecule has 1 heterocycles. The van der Waals surface area contributed by atoms with Crippen molar-refractivity contribution in [1.29, 1.82) is 0 Å². The molecule has 0 atom stereocenters. The Morgan fingerprint density at radius 2 is 2.17 bits per heavy atom. The number of hydrogen-bond acceptors (Lipinski definition) is 3. The second-order valence-corrected chi connectivity index (χ2v) is 5.28. The van der Waals surface area contributed by atoms with Gasteiger partial charge in [0.2, 0.25) is 0 Å². The predicted molar refractivity (Wildman–Crippen MR) is 71.7 cm³/mol. The summed E-state index contributed by atoms with van der Waals surface area (Å²) in [5.74, 6) is 0.413. The van der Waals surface area contributed by atoms with Crippen molar-refractivity contribution in [2.45, 2.75) is 26.3 Å². The van der Waals surface area contributed by atoms with Gasteiger partial charge in [0.05, 0.1) is 16.7 Å². The Bertz CT molecular complexity index is 565. The molecular weight excluding hydrogens is 299 g/mol. The number of halogens is 2. The lowest BCUT2D eigenvalue weighted by Gasteiger charge is -2.10. The van der Waals surface area contributed by atoms with E-state index in [9.17, 15) is 4.39 Å². The fourth-order valence-corrected chi connectivity index (χ4v) is 2.28. The van der Waals surface area contributed by atoms with Crippen LogP contribution < -0.4 is 5.73 Å². The molecule has 0 aliphatic heterocycles. The fourth-order valence-electron chi connectivity index (χ4n) is 1.86. The van der Waals surface area contributed by atoms with E-state index >= 15 is 0 Å². The first-order valence-corrected chi connectivity index (χ1v) is 6.41. The maximum Gasteiger partial charge on any atom is 0.169 e. The van der Waals surface area contributed by atoms with Crippen LogP contribution in [0.5, 0.6) is 0 Å². The van der Waals surface area contributed by atoms with Crippen LogP contribution in [-0.2, 0) is 6.54 Å². The number of hydrogen-bond donors (Lipinski definition) is 1. The average Bonchev–Trinajstić information content (AvgIpc) is 2.65. The Labute approximate surface area is 113 Å². The number of anilines is 1. The first-order chi connectivity index (χ1) is 8.49. The van der Waals surface area contributed by atoms with Crippen molar-refractivity contribution in [3.8, 4) is 0 Å². The van der Waals surface area contributed by atoms with E-state index in [4.69, 9.17) is 5.73 Å². The second-order valence-electron chi connectivity index (χ2n) is 4.42. The van der Waals surface area contributed by atoms with Crippen LogP contribution in [0, 0.1) is 5.82 Å². The number of nitrogens with two attached hydrogens (primary N) is 1. The summed E-state index contributed by atoms with van der Waals surface area (Å²) in [6, 6.07) is 4.88. The Morgan fingerprint density at radius 1 is 1.44 bits per heavy atom. The van der Waals surface area contributed by atoms with Crippen LogP contribution in [0.4, 0.5) is 10.2 Å². The number of nitrogen functional groups attached to an aromatic ring is 1. The molecule has 4 nitrogen and oxygen atoms in total. The largest absolute Gasteiger partial charge is 0.381 e. The minimum absolute atomic E-state index is 0.240. The summed E-state index contributed by atoms with van der Waals surface area (Å²) in [5, 5.41) is 7.90. The summed E-state index contributed by atoms with van der Waals surface area (Å²) in [4.78, 5) is 0. The molecule has 2 rings (SSSR count). The molecule has 2 aromatic rings.